The van der Waals surface area contributed by atoms with Crippen LogP contribution in [0.1, 0.15) is 11.3 Å². The number of fused-ring (bicyclic) bond motifs is 1. The SMILES string of the molecule is Cc1cccc2c1=C/C(=C\c1csnn1)C=2O. The molecular weight excluding hydrogens is 232 g/mol. The van der Waals surface area contributed by atoms with Crippen molar-refractivity contribution in [1.29, 1.82) is 0 Å². The van der Waals surface area contributed by atoms with Crippen LogP contribution >= 0.6 is 11.5 Å². The normalized spacial score (nSPS) is 16.1. The number of benzene rings is 1. The number of nitrogens with zero attached hydrogens (tertiary/aromatic N) is 2. The average Bonchev–Trinajstić information content (AvgIpc) is 2.92. The molecule has 0 unspecified atom stereocenters. The summed E-state index contributed by atoms with van der Waals surface area (Å²) in [7, 11) is 0. The van der Waals surface area contributed by atoms with Crippen LogP contribution in [0.2, 0.25) is 0 Å². The summed E-state index contributed by atoms with van der Waals surface area (Å²) in [4.78, 5) is 0. The Kier molecular flexibility index (Phi) is 2.30. The Hall–Kier alpha value is -1.94. The number of rotatable bonds is 1. The van der Waals surface area contributed by atoms with E-state index >= 15 is 0 Å². The molecule has 3 nitrogen and oxygen atoms in total. The molecule has 1 aromatic carbocycles. The topological polar surface area (TPSA) is 46.0 Å². The smallest absolute Gasteiger partial charge is 0.130 e. The summed E-state index contributed by atoms with van der Waals surface area (Å²) in [6.07, 6.45) is 3.83. The van der Waals surface area contributed by atoms with Crippen LogP contribution in [0, 0.1) is 6.92 Å². The van der Waals surface area contributed by atoms with Gasteiger partial charge in [-0.25, -0.2) is 0 Å². The van der Waals surface area contributed by atoms with E-state index in [4.69, 9.17) is 0 Å². The van der Waals surface area contributed by atoms with Crippen LogP contribution in [0.3, 0.4) is 0 Å². The van der Waals surface area contributed by atoms with Gasteiger partial charge >= 0.3 is 0 Å². The first-order chi connectivity index (χ1) is 8.25. The molecule has 1 heterocycles. The zero-order valence-electron chi connectivity index (χ0n) is 9.21. The van der Waals surface area contributed by atoms with Gasteiger partial charge in [0.15, 0.2) is 0 Å². The van der Waals surface area contributed by atoms with E-state index in [0.717, 1.165) is 27.3 Å². The third kappa shape index (κ3) is 1.66. The van der Waals surface area contributed by atoms with Crippen molar-refractivity contribution in [3.05, 3.63) is 50.8 Å². The highest BCUT2D eigenvalue weighted by atomic mass is 32.1. The number of aromatic nitrogens is 2. The molecule has 1 aliphatic rings. The van der Waals surface area contributed by atoms with Crippen molar-refractivity contribution in [1.82, 2.24) is 9.59 Å². The summed E-state index contributed by atoms with van der Waals surface area (Å²) in [5, 5.41) is 17.9. The number of hydrogen-bond acceptors (Lipinski definition) is 4. The van der Waals surface area contributed by atoms with Crippen molar-refractivity contribution in [2.75, 3.05) is 0 Å². The van der Waals surface area contributed by atoms with E-state index in [0.29, 0.717) is 5.76 Å². The van der Waals surface area contributed by atoms with E-state index in [9.17, 15) is 5.11 Å². The molecule has 0 atom stereocenters. The highest BCUT2D eigenvalue weighted by molar-refractivity contribution is 7.03. The second-order valence-corrected chi connectivity index (χ2v) is 4.57. The van der Waals surface area contributed by atoms with Gasteiger partial charge < -0.3 is 5.11 Å². The minimum absolute atomic E-state index is 0.316. The van der Waals surface area contributed by atoms with Gasteiger partial charge in [0, 0.05) is 16.2 Å². The first kappa shape index (κ1) is 10.2. The number of aryl methyl sites for hydroxylation is 1. The largest absolute Gasteiger partial charge is 0.507 e. The summed E-state index contributed by atoms with van der Waals surface area (Å²) in [5.74, 6) is 0.316. The predicted molar refractivity (Wildman–Crippen MR) is 68.8 cm³/mol. The van der Waals surface area contributed by atoms with Crippen LogP contribution in [0.25, 0.3) is 17.9 Å². The fourth-order valence-electron chi connectivity index (χ4n) is 1.96. The van der Waals surface area contributed by atoms with E-state index in [-0.39, 0.29) is 0 Å². The lowest BCUT2D eigenvalue weighted by Crippen LogP contribution is -2.25. The van der Waals surface area contributed by atoms with Crippen molar-refractivity contribution in [3.63, 3.8) is 0 Å². The first-order valence-corrected chi connectivity index (χ1v) is 6.09. The molecular formula is C13H10N2OS. The van der Waals surface area contributed by atoms with Gasteiger partial charge in [-0.3, -0.25) is 0 Å². The van der Waals surface area contributed by atoms with E-state index in [2.05, 4.69) is 9.59 Å². The molecule has 0 spiro atoms. The molecule has 0 bridgehead atoms. The number of aliphatic hydroxyl groups is 1. The van der Waals surface area contributed by atoms with Crippen LogP contribution in [0.15, 0.2) is 29.2 Å². The molecule has 0 saturated heterocycles. The van der Waals surface area contributed by atoms with Crippen LogP contribution in [-0.4, -0.2) is 14.7 Å². The predicted octanol–water partition coefficient (Wildman–Crippen LogP) is 1.39. The summed E-state index contributed by atoms with van der Waals surface area (Å²) in [5.41, 5.74) is 2.73. The molecule has 0 saturated carbocycles. The Morgan fingerprint density at radius 2 is 2.24 bits per heavy atom. The molecule has 4 heteroatoms. The maximum atomic E-state index is 10.1. The van der Waals surface area contributed by atoms with Gasteiger partial charge in [0.05, 0.1) is 5.69 Å². The van der Waals surface area contributed by atoms with Gasteiger partial charge in [-0.2, -0.15) is 0 Å². The van der Waals surface area contributed by atoms with E-state index in [1.807, 2.05) is 42.7 Å². The third-order valence-corrected chi connectivity index (χ3v) is 3.36. The Morgan fingerprint density at radius 3 is 2.94 bits per heavy atom. The van der Waals surface area contributed by atoms with Gasteiger partial charge in [0.1, 0.15) is 5.76 Å². The van der Waals surface area contributed by atoms with E-state index in [1.165, 1.54) is 11.5 Å². The molecule has 84 valence electrons. The maximum absolute atomic E-state index is 10.1. The summed E-state index contributed by atoms with van der Waals surface area (Å²) < 4.78 is 3.80. The molecule has 0 fully saturated rings. The monoisotopic (exact) mass is 242 g/mol. The zero-order chi connectivity index (χ0) is 11.8. The minimum Gasteiger partial charge on any atom is -0.507 e. The quantitative estimate of drug-likeness (QED) is 0.822. The van der Waals surface area contributed by atoms with Crippen LogP contribution < -0.4 is 10.4 Å². The Morgan fingerprint density at radius 1 is 1.35 bits per heavy atom. The molecule has 17 heavy (non-hydrogen) atoms. The van der Waals surface area contributed by atoms with Crippen molar-refractivity contribution in [2.45, 2.75) is 6.92 Å². The van der Waals surface area contributed by atoms with Crippen molar-refractivity contribution in [3.8, 4) is 0 Å². The van der Waals surface area contributed by atoms with E-state index in [1.54, 1.807) is 0 Å². The van der Waals surface area contributed by atoms with Gasteiger partial charge in [-0.05, 0) is 41.4 Å². The van der Waals surface area contributed by atoms with Gasteiger partial charge in [-0.15, -0.1) is 5.10 Å². The minimum atomic E-state index is 0.316. The highest BCUT2D eigenvalue weighted by Gasteiger charge is 2.11. The van der Waals surface area contributed by atoms with Crippen LogP contribution in [0.5, 0.6) is 0 Å². The fraction of sp³-hybridized carbons (Fsp3) is 0.0769. The molecule has 1 N–H and O–H groups in total. The Balaban J connectivity index is 2.23. The van der Waals surface area contributed by atoms with Gasteiger partial charge in [0.25, 0.3) is 0 Å². The molecule has 1 aliphatic carbocycles. The maximum Gasteiger partial charge on any atom is 0.130 e. The highest BCUT2D eigenvalue weighted by Crippen LogP contribution is 2.16. The lowest BCUT2D eigenvalue weighted by atomic mass is 10.2. The second kappa shape index (κ2) is 3.82. The molecule has 0 amide bonds. The van der Waals surface area contributed by atoms with Gasteiger partial charge in [0.2, 0.25) is 0 Å². The molecule has 3 rings (SSSR count). The third-order valence-electron chi connectivity index (χ3n) is 2.83. The van der Waals surface area contributed by atoms with Crippen molar-refractivity contribution in [2.24, 2.45) is 0 Å². The van der Waals surface area contributed by atoms with Crippen molar-refractivity contribution >= 4 is 29.4 Å². The molecule has 2 aromatic rings. The lowest BCUT2D eigenvalue weighted by Gasteiger charge is -1.94. The van der Waals surface area contributed by atoms with Gasteiger partial charge in [-0.1, -0.05) is 22.7 Å². The summed E-state index contributed by atoms with van der Waals surface area (Å²) >= 11 is 1.30. The standard InChI is InChI=1S/C13H10N2OS/c1-8-3-2-4-11-12(8)6-9(13(11)16)5-10-7-17-15-14-10/h2-7,16H,1H3/b9-5+. The summed E-state index contributed by atoms with van der Waals surface area (Å²) in [6, 6.07) is 5.91. The van der Waals surface area contributed by atoms with Crippen LogP contribution in [0.4, 0.5) is 0 Å². The zero-order valence-corrected chi connectivity index (χ0v) is 10.0. The molecule has 0 radical (unpaired) electrons. The number of aliphatic hydroxyl groups excluding tert-OH is 1. The molecule has 1 aromatic heterocycles. The summed E-state index contributed by atoms with van der Waals surface area (Å²) in [6.45, 7) is 2.04. The first-order valence-electron chi connectivity index (χ1n) is 5.25. The Bertz CT molecular complexity index is 714. The average molecular weight is 242 g/mol. The van der Waals surface area contributed by atoms with E-state index < -0.39 is 0 Å². The Labute approximate surface area is 102 Å². The second-order valence-electron chi connectivity index (χ2n) is 3.96. The number of hydrogen-bond donors (Lipinski definition) is 1. The van der Waals surface area contributed by atoms with Crippen molar-refractivity contribution < 1.29 is 5.11 Å². The molecule has 0 aliphatic heterocycles. The fourth-order valence-corrected chi connectivity index (χ4v) is 2.37. The van der Waals surface area contributed by atoms with Crippen LogP contribution in [-0.2, 0) is 0 Å². The lowest BCUT2D eigenvalue weighted by molar-refractivity contribution is 0.510.